The molecule has 0 fully saturated rings. The van der Waals surface area contributed by atoms with E-state index in [1.54, 1.807) is 0 Å². The first-order chi connectivity index (χ1) is 18.6. The second kappa shape index (κ2) is 12.3. The van der Waals surface area contributed by atoms with Crippen molar-refractivity contribution in [1.82, 2.24) is 0 Å². The third kappa shape index (κ3) is 6.73. The summed E-state index contributed by atoms with van der Waals surface area (Å²) in [6.45, 7) is 0. The Morgan fingerprint density at radius 2 is 0.513 bits per heavy atom. The predicted octanol–water partition coefficient (Wildman–Crippen LogP) is 6.85. The number of hydrogen-bond acceptors (Lipinski definition) is 5. The van der Waals surface area contributed by atoms with Crippen LogP contribution in [0.25, 0.3) is 0 Å². The van der Waals surface area contributed by atoms with Gasteiger partial charge in [-0.25, -0.2) is 0 Å². The van der Waals surface area contributed by atoms with Crippen molar-refractivity contribution in [3.05, 3.63) is 119 Å². The van der Waals surface area contributed by atoms with Crippen molar-refractivity contribution < 1.29 is 4.74 Å². The lowest BCUT2D eigenvalue weighted by atomic mass is 9.97. The van der Waals surface area contributed by atoms with Gasteiger partial charge in [0.05, 0.1) is 0 Å². The zero-order valence-corrected chi connectivity index (χ0v) is 24.6. The van der Waals surface area contributed by atoms with Gasteiger partial charge in [-0.3, -0.25) is 0 Å². The van der Waals surface area contributed by atoms with Crippen LogP contribution in [0, 0.1) is 0 Å². The van der Waals surface area contributed by atoms with Crippen molar-refractivity contribution in [1.29, 1.82) is 0 Å². The van der Waals surface area contributed by atoms with Crippen molar-refractivity contribution >= 4 is 22.7 Å². The summed E-state index contributed by atoms with van der Waals surface area (Å²) < 4.78 is 7.14. The van der Waals surface area contributed by atoms with Crippen molar-refractivity contribution in [3.63, 3.8) is 0 Å². The van der Waals surface area contributed by atoms with E-state index in [-0.39, 0.29) is 12.2 Å². The molecule has 4 aromatic carbocycles. The molecule has 204 valence electrons. The molecule has 4 aromatic rings. The molecule has 0 heterocycles. The van der Waals surface area contributed by atoms with Crippen LogP contribution in [-0.4, -0.2) is 56.4 Å². The van der Waals surface area contributed by atoms with Gasteiger partial charge < -0.3 is 24.3 Å². The highest BCUT2D eigenvalue weighted by Crippen LogP contribution is 2.38. The Bertz CT molecular complexity index is 1100. The van der Waals surface area contributed by atoms with E-state index in [2.05, 4.69) is 173 Å². The molecule has 0 aliphatic rings. The molecule has 4 rings (SSSR count). The average Bonchev–Trinajstić information content (AvgIpc) is 2.94. The maximum Gasteiger partial charge on any atom is 0.109 e. The number of benzene rings is 4. The molecule has 39 heavy (non-hydrogen) atoms. The van der Waals surface area contributed by atoms with Gasteiger partial charge in [-0.1, -0.05) is 48.5 Å². The minimum Gasteiger partial charge on any atom is -0.378 e. The monoisotopic (exact) mass is 522 g/mol. The normalized spacial score (nSPS) is 11.1. The summed E-state index contributed by atoms with van der Waals surface area (Å²) in [6, 6.07) is 34.7. The van der Waals surface area contributed by atoms with Crippen molar-refractivity contribution in [2.24, 2.45) is 0 Å². The van der Waals surface area contributed by atoms with Crippen molar-refractivity contribution in [2.75, 3.05) is 76.0 Å². The molecule has 0 aliphatic carbocycles. The lowest BCUT2D eigenvalue weighted by Crippen LogP contribution is -2.15. The molecule has 0 unspecified atom stereocenters. The first kappa shape index (κ1) is 28.1. The van der Waals surface area contributed by atoms with Crippen LogP contribution in [0.1, 0.15) is 34.5 Å². The molecular weight excluding hydrogens is 480 g/mol. The number of rotatable bonds is 10. The van der Waals surface area contributed by atoms with Gasteiger partial charge in [-0.05, 0) is 70.8 Å². The highest BCUT2D eigenvalue weighted by molar-refractivity contribution is 5.52. The molecule has 0 spiro atoms. The summed E-state index contributed by atoms with van der Waals surface area (Å²) in [5, 5.41) is 0. The molecule has 0 aliphatic heterocycles. The standard InChI is InChI=1S/C34H42N4O/c1-35(2)29-17-9-25(10-18-29)33(26-11-19-30(20-12-26)36(3)4)39-34(27-13-21-31(22-14-27)37(5)6)28-15-23-32(24-16-28)38(7)8/h9-24,33-34H,1-8H3. The first-order valence-electron chi connectivity index (χ1n) is 13.4. The van der Waals surface area contributed by atoms with Crippen LogP contribution in [0.4, 0.5) is 22.7 Å². The molecule has 0 aromatic heterocycles. The lowest BCUT2D eigenvalue weighted by molar-refractivity contribution is 0.0309. The number of anilines is 4. The molecule has 0 saturated carbocycles. The Morgan fingerprint density at radius 1 is 0.333 bits per heavy atom. The first-order valence-corrected chi connectivity index (χ1v) is 13.4. The van der Waals surface area contributed by atoms with Crippen LogP contribution >= 0.6 is 0 Å². The van der Waals surface area contributed by atoms with E-state index in [0.717, 1.165) is 45.0 Å². The Balaban J connectivity index is 1.79. The van der Waals surface area contributed by atoms with E-state index in [0.29, 0.717) is 0 Å². The SMILES string of the molecule is CN(C)c1ccc(C(OC(c2ccc(N(C)C)cc2)c2ccc(N(C)C)cc2)c2ccc(N(C)C)cc2)cc1. The fourth-order valence-electron chi connectivity index (χ4n) is 4.62. The van der Waals surface area contributed by atoms with E-state index >= 15 is 0 Å². The Hall–Kier alpha value is -3.96. The smallest absolute Gasteiger partial charge is 0.109 e. The Labute approximate surface area is 234 Å². The second-order valence-electron chi connectivity index (χ2n) is 10.8. The van der Waals surface area contributed by atoms with E-state index in [1.165, 1.54) is 0 Å². The van der Waals surface area contributed by atoms with Crippen LogP contribution in [0.3, 0.4) is 0 Å². The van der Waals surface area contributed by atoms with Gasteiger partial charge >= 0.3 is 0 Å². The summed E-state index contributed by atoms with van der Waals surface area (Å²) >= 11 is 0. The van der Waals surface area contributed by atoms with E-state index in [1.807, 2.05) is 0 Å². The van der Waals surface area contributed by atoms with Crippen molar-refractivity contribution in [3.8, 4) is 0 Å². The van der Waals surface area contributed by atoms with Gasteiger partial charge in [0.2, 0.25) is 0 Å². The Kier molecular flexibility index (Phi) is 8.82. The van der Waals surface area contributed by atoms with Crippen LogP contribution in [0.15, 0.2) is 97.1 Å². The summed E-state index contributed by atoms with van der Waals surface area (Å²) in [5.41, 5.74) is 9.14. The Morgan fingerprint density at radius 3 is 0.667 bits per heavy atom. The zero-order chi connectivity index (χ0) is 28.1. The van der Waals surface area contributed by atoms with E-state index in [4.69, 9.17) is 4.74 Å². The average molecular weight is 523 g/mol. The predicted molar refractivity (Wildman–Crippen MR) is 168 cm³/mol. The summed E-state index contributed by atoms with van der Waals surface area (Å²) in [6.07, 6.45) is -0.492. The topological polar surface area (TPSA) is 22.2 Å². The van der Waals surface area contributed by atoms with Gasteiger partial charge in [0, 0.05) is 79.1 Å². The number of ether oxygens (including phenoxy) is 1. The number of hydrogen-bond donors (Lipinski definition) is 0. The highest BCUT2D eigenvalue weighted by Gasteiger charge is 2.24. The van der Waals surface area contributed by atoms with Gasteiger partial charge in [0.25, 0.3) is 0 Å². The third-order valence-corrected chi connectivity index (χ3v) is 7.12. The maximum atomic E-state index is 7.14. The van der Waals surface area contributed by atoms with Gasteiger partial charge in [-0.2, -0.15) is 0 Å². The molecule has 5 nitrogen and oxygen atoms in total. The molecule has 0 N–H and O–H groups in total. The summed E-state index contributed by atoms with van der Waals surface area (Å²) in [7, 11) is 16.5. The molecular formula is C34H42N4O. The van der Waals surface area contributed by atoms with Crippen LogP contribution in [0.5, 0.6) is 0 Å². The largest absolute Gasteiger partial charge is 0.378 e. The van der Waals surface area contributed by atoms with Gasteiger partial charge in [-0.15, -0.1) is 0 Å². The van der Waals surface area contributed by atoms with Gasteiger partial charge in [0.1, 0.15) is 12.2 Å². The van der Waals surface area contributed by atoms with Crippen LogP contribution in [0.2, 0.25) is 0 Å². The molecule has 0 amide bonds. The minimum absolute atomic E-state index is 0.246. The van der Waals surface area contributed by atoms with Crippen LogP contribution < -0.4 is 19.6 Å². The van der Waals surface area contributed by atoms with Crippen LogP contribution in [-0.2, 0) is 4.74 Å². The summed E-state index contributed by atoms with van der Waals surface area (Å²) in [4.78, 5) is 8.47. The van der Waals surface area contributed by atoms with Gasteiger partial charge in [0.15, 0.2) is 0 Å². The molecule has 0 atom stereocenters. The molecule has 5 heteroatoms. The second-order valence-corrected chi connectivity index (χ2v) is 10.8. The quantitative estimate of drug-likeness (QED) is 0.227. The fourth-order valence-corrected chi connectivity index (χ4v) is 4.62. The zero-order valence-electron chi connectivity index (χ0n) is 24.6. The van der Waals surface area contributed by atoms with E-state index < -0.39 is 0 Å². The fraction of sp³-hybridized carbons (Fsp3) is 0.294. The molecule has 0 saturated heterocycles. The summed E-state index contributed by atoms with van der Waals surface area (Å²) in [5.74, 6) is 0. The lowest BCUT2D eigenvalue weighted by Gasteiger charge is -2.28. The minimum atomic E-state index is -0.246. The molecule has 0 radical (unpaired) electrons. The third-order valence-electron chi connectivity index (χ3n) is 7.12. The maximum absolute atomic E-state index is 7.14. The highest BCUT2D eigenvalue weighted by atomic mass is 16.5. The molecule has 0 bridgehead atoms. The van der Waals surface area contributed by atoms with E-state index in [9.17, 15) is 0 Å². The number of nitrogens with zero attached hydrogens (tertiary/aromatic N) is 4. The van der Waals surface area contributed by atoms with Crippen molar-refractivity contribution in [2.45, 2.75) is 12.2 Å².